The van der Waals surface area contributed by atoms with Crippen molar-refractivity contribution in [3.8, 4) is 0 Å². The summed E-state index contributed by atoms with van der Waals surface area (Å²) in [5.41, 5.74) is 2.08. The summed E-state index contributed by atoms with van der Waals surface area (Å²) >= 11 is 0. The van der Waals surface area contributed by atoms with E-state index < -0.39 is 103 Å². The average Bonchev–Trinajstić information content (AvgIpc) is 3.17. The number of para-hydroxylation sites is 1. The van der Waals surface area contributed by atoms with E-state index in [1.54, 1.807) is 52.0 Å². The molecule has 3 N–H and O–H groups in total. The summed E-state index contributed by atoms with van der Waals surface area (Å²) in [4.78, 5) is 59.3. The number of aliphatic hydroxyl groups is 3. The van der Waals surface area contributed by atoms with Crippen LogP contribution >= 0.6 is 0 Å². The van der Waals surface area contributed by atoms with Crippen LogP contribution in [-0.4, -0.2) is 149 Å². The molecule has 15 heteroatoms. The molecule has 2 aliphatic rings. The summed E-state index contributed by atoms with van der Waals surface area (Å²) in [6.45, 7) is 10.1. The number of aldehydes is 1. The van der Waals surface area contributed by atoms with E-state index in [4.69, 9.17) is 23.7 Å². The summed E-state index contributed by atoms with van der Waals surface area (Å²) in [5, 5.41) is 35.2. The first kappa shape index (κ1) is 48.8. The molecule has 334 valence electrons. The fourth-order valence-electron chi connectivity index (χ4n) is 8.75. The van der Waals surface area contributed by atoms with E-state index in [2.05, 4.69) is 11.1 Å². The second kappa shape index (κ2) is 22.9. The minimum Gasteiger partial charge on any atom is -0.462 e. The van der Waals surface area contributed by atoms with Crippen molar-refractivity contribution in [1.29, 1.82) is 0 Å². The van der Waals surface area contributed by atoms with Gasteiger partial charge in [-0.15, -0.1) is 0 Å². The van der Waals surface area contributed by atoms with Gasteiger partial charge in [0, 0.05) is 44.2 Å². The molecule has 1 fully saturated rings. The number of hydrogen-bond acceptors (Lipinski definition) is 15. The van der Waals surface area contributed by atoms with E-state index in [0.29, 0.717) is 6.54 Å². The Morgan fingerprint density at radius 2 is 1.65 bits per heavy atom. The summed E-state index contributed by atoms with van der Waals surface area (Å²) in [5.74, 6) is -3.67. The number of aliphatic hydroxyl groups excluding tert-OH is 3. The molecule has 60 heavy (non-hydrogen) atoms. The van der Waals surface area contributed by atoms with Crippen molar-refractivity contribution in [1.82, 2.24) is 14.8 Å². The Labute approximate surface area is 354 Å². The second-order valence-electron chi connectivity index (χ2n) is 17.0. The average molecular weight is 842 g/mol. The molecule has 0 spiro atoms. The molecule has 4 rings (SSSR count). The molecule has 0 amide bonds. The number of aromatic nitrogens is 1. The van der Waals surface area contributed by atoms with Gasteiger partial charge in [-0.2, -0.15) is 0 Å². The number of benzene rings is 1. The van der Waals surface area contributed by atoms with E-state index in [9.17, 15) is 34.5 Å². The van der Waals surface area contributed by atoms with Crippen molar-refractivity contribution in [3.05, 3.63) is 54.2 Å². The van der Waals surface area contributed by atoms with Crippen LogP contribution in [0.15, 0.2) is 48.7 Å². The predicted octanol–water partition coefficient (Wildman–Crippen LogP) is 3.62. The maximum atomic E-state index is 13.6. The molecule has 14 atom stereocenters. The fraction of sp³-hybridized carbons (Fsp3) is 0.667. The monoisotopic (exact) mass is 841 g/mol. The quantitative estimate of drug-likeness (QED) is 0.121. The van der Waals surface area contributed by atoms with Gasteiger partial charge in [0.2, 0.25) is 0 Å². The first-order chi connectivity index (χ1) is 28.4. The highest BCUT2D eigenvalue weighted by Crippen LogP contribution is 2.36. The molecule has 0 aliphatic carbocycles. The zero-order valence-electron chi connectivity index (χ0n) is 36.6. The Hall–Kier alpha value is -3.83. The number of carbonyl (C=O) groups is 4. The topological polar surface area (TPSA) is 194 Å². The van der Waals surface area contributed by atoms with Crippen LogP contribution in [0.1, 0.15) is 79.2 Å². The van der Waals surface area contributed by atoms with Gasteiger partial charge in [-0.05, 0) is 96.4 Å². The van der Waals surface area contributed by atoms with Crippen LogP contribution in [0.4, 0.5) is 0 Å². The molecular weight excluding hydrogens is 775 g/mol. The summed E-state index contributed by atoms with van der Waals surface area (Å²) in [6, 6.07) is 8.64. The van der Waals surface area contributed by atoms with Crippen molar-refractivity contribution in [3.63, 3.8) is 0 Å². The van der Waals surface area contributed by atoms with Gasteiger partial charge < -0.3 is 48.7 Å². The molecule has 0 radical (unpaired) electrons. The largest absolute Gasteiger partial charge is 0.462 e. The molecule has 15 nitrogen and oxygen atoms in total. The molecule has 1 aromatic carbocycles. The van der Waals surface area contributed by atoms with E-state index >= 15 is 0 Å². The van der Waals surface area contributed by atoms with Gasteiger partial charge in [0.15, 0.2) is 6.29 Å². The van der Waals surface area contributed by atoms with Crippen LogP contribution in [0.2, 0.25) is 0 Å². The first-order valence-electron chi connectivity index (χ1n) is 21.1. The Kier molecular flexibility index (Phi) is 18.6. The number of rotatable bonds is 12. The molecule has 1 saturated heterocycles. The lowest BCUT2D eigenvalue weighted by Crippen LogP contribution is -2.63. The highest BCUT2D eigenvalue weighted by Gasteiger charge is 2.48. The molecule has 5 unspecified atom stereocenters. The lowest BCUT2D eigenvalue weighted by Gasteiger charge is -2.46. The third kappa shape index (κ3) is 13.3. The van der Waals surface area contributed by atoms with Gasteiger partial charge in [-0.1, -0.05) is 38.1 Å². The molecule has 0 bridgehead atoms. The summed E-state index contributed by atoms with van der Waals surface area (Å²) in [6.07, 6.45) is -1.44. The lowest BCUT2D eigenvalue weighted by atomic mass is 9.79. The molecular formula is C45H67N3O12. The van der Waals surface area contributed by atoms with Crippen LogP contribution in [0.5, 0.6) is 0 Å². The van der Waals surface area contributed by atoms with Gasteiger partial charge in [0.25, 0.3) is 0 Å². The molecule has 3 heterocycles. The van der Waals surface area contributed by atoms with Crippen LogP contribution in [-0.2, 0) is 49.3 Å². The van der Waals surface area contributed by atoms with Gasteiger partial charge >= 0.3 is 17.9 Å². The number of cyclic esters (lactones) is 1. The number of aryl methyl sites for hydroxylation is 1. The standard InChI is InChI=1S/C45H67N3O12/c1-26-23-33(19-22-49)44(60-45-43(55)41(47(7)8)42(54)29(4)57-45)28(3)39(59-31(6)51)25-40(53)56-27(2)24-37(52)36(16-17-38(26)58-30(5)50)48(9)21-12-13-32-18-20-46-35-15-11-10-14-34(32)35/h10-11,14-18,20,22,26-29,33,36-39,41-45,52,54-55H,12-13,19,21,23-25H2,1-9H3/b17-16+/t26-,27-,28+,29+,33+,36-,37+,38+,39-,41?,42?,43?,44?,45?/m1/s1. The Balaban J connectivity index is 1.71. The first-order valence-corrected chi connectivity index (χ1v) is 21.1. The molecule has 1 aromatic heterocycles. The van der Waals surface area contributed by atoms with E-state index in [1.807, 2.05) is 49.2 Å². The molecule has 2 aromatic rings. The van der Waals surface area contributed by atoms with Crippen molar-refractivity contribution < 1.29 is 58.2 Å². The maximum Gasteiger partial charge on any atom is 0.309 e. The zero-order chi connectivity index (χ0) is 44.3. The summed E-state index contributed by atoms with van der Waals surface area (Å²) < 4.78 is 30.1. The van der Waals surface area contributed by atoms with Crippen molar-refractivity contribution in [2.75, 3.05) is 27.7 Å². The number of nitrogens with zero attached hydrogens (tertiary/aromatic N) is 3. The smallest absolute Gasteiger partial charge is 0.309 e. The van der Waals surface area contributed by atoms with E-state index in [-0.39, 0.29) is 25.7 Å². The van der Waals surface area contributed by atoms with Crippen LogP contribution in [0.25, 0.3) is 10.9 Å². The third-order valence-corrected chi connectivity index (χ3v) is 11.9. The van der Waals surface area contributed by atoms with Crippen molar-refractivity contribution in [2.24, 2.45) is 17.8 Å². The lowest BCUT2D eigenvalue weighted by molar-refractivity contribution is -0.304. The highest BCUT2D eigenvalue weighted by molar-refractivity contribution is 5.81. The van der Waals surface area contributed by atoms with Crippen molar-refractivity contribution in [2.45, 2.75) is 147 Å². The molecule has 0 saturated carbocycles. The maximum absolute atomic E-state index is 13.6. The van der Waals surface area contributed by atoms with E-state index in [0.717, 1.165) is 35.6 Å². The Morgan fingerprint density at radius 3 is 2.32 bits per heavy atom. The zero-order valence-corrected chi connectivity index (χ0v) is 36.6. The van der Waals surface area contributed by atoms with Crippen LogP contribution < -0.4 is 0 Å². The van der Waals surface area contributed by atoms with Gasteiger partial charge in [-0.25, -0.2) is 0 Å². The highest BCUT2D eigenvalue weighted by atomic mass is 16.7. The number of ether oxygens (including phenoxy) is 5. The SMILES string of the molecule is CC(=O)O[C@H]1/C=C/[C@@H](N(C)CCCc2ccnc3ccccc23)[C@@H](O)C[C@@H](C)OC(=O)C[C@@H](OC(C)=O)[C@H](C)C(OC2O[C@@H](C)C(O)C(N(C)C)C2O)[C@@H](CC=O)C[C@H]1C. The summed E-state index contributed by atoms with van der Waals surface area (Å²) in [7, 11) is 5.34. The minimum absolute atomic E-state index is 0.0426. The Bertz CT molecular complexity index is 1740. The number of carbonyl (C=O) groups excluding carboxylic acids is 4. The number of fused-ring (bicyclic) bond motifs is 1. The predicted molar refractivity (Wildman–Crippen MR) is 223 cm³/mol. The minimum atomic E-state index is -1.33. The number of hydrogen-bond donors (Lipinski definition) is 3. The van der Waals surface area contributed by atoms with Gasteiger partial charge in [0.1, 0.15) is 30.7 Å². The number of likely N-dealkylation sites (N-methyl/N-ethyl adjacent to an activating group) is 2. The fourth-order valence-corrected chi connectivity index (χ4v) is 8.75. The van der Waals surface area contributed by atoms with Crippen molar-refractivity contribution >= 4 is 35.1 Å². The number of pyridine rings is 1. The third-order valence-electron chi connectivity index (χ3n) is 11.9. The van der Waals surface area contributed by atoms with Crippen LogP contribution in [0.3, 0.4) is 0 Å². The normalized spacial score (nSPS) is 34.2. The van der Waals surface area contributed by atoms with E-state index in [1.165, 1.54) is 13.8 Å². The van der Waals surface area contributed by atoms with Gasteiger partial charge in [0.05, 0.1) is 48.4 Å². The second-order valence-corrected chi connectivity index (χ2v) is 17.0. The molecule has 2 aliphatic heterocycles. The Morgan fingerprint density at radius 1 is 0.950 bits per heavy atom. The number of esters is 3. The van der Waals surface area contributed by atoms with Gasteiger partial charge in [-0.3, -0.25) is 24.3 Å². The van der Waals surface area contributed by atoms with Crippen LogP contribution in [0, 0.1) is 17.8 Å².